The predicted octanol–water partition coefficient (Wildman–Crippen LogP) is 21.5. The minimum absolute atomic E-state index is 0.00390. The fourth-order valence-corrected chi connectivity index (χ4v) is 11.2. The Morgan fingerprint density at radius 2 is 0.612 bits per heavy atom. The van der Waals surface area contributed by atoms with Crippen molar-refractivity contribution in [3.8, 4) is 95.7 Å². The first kappa shape index (κ1) is 57.0. The van der Waals surface area contributed by atoms with Gasteiger partial charge >= 0.3 is 24.7 Å². The molecule has 0 saturated carbocycles. The lowest BCUT2D eigenvalue weighted by atomic mass is 9.90. The molecule has 10 aromatic carbocycles. The van der Waals surface area contributed by atoms with Gasteiger partial charge in [0.2, 0.25) is 0 Å². The number of fused-ring (bicyclic) bond motifs is 3. The molecule has 15 heteroatoms. The molecule has 422 valence electrons. The summed E-state index contributed by atoms with van der Waals surface area (Å²) in [7, 11) is 0. The van der Waals surface area contributed by atoms with Gasteiger partial charge in [0.05, 0.1) is 62.2 Å². The summed E-state index contributed by atoms with van der Waals surface area (Å²) in [6.07, 6.45) is -19.9. The van der Waals surface area contributed by atoms with E-state index in [9.17, 15) is 63.2 Å². The molecular formula is C70H43F12N3. The largest absolute Gasteiger partial charge is 0.416 e. The molecule has 0 N–H and O–H groups in total. The number of hydrogen-bond acceptors (Lipinski definition) is 2. The molecule has 1 aromatic heterocycles. The number of alkyl halides is 12. The van der Waals surface area contributed by atoms with Gasteiger partial charge in [-0.2, -0.15) is 63.2 Å². The number of aromatic nitrogens is 1. The van der Waals surface area contributed by atoms with Gasteiger partial charge in [0, 0.05) is 16.3 Å². The molecule has 0 saturated heterocycles. The van der Waals surface area contributed by atoms with E-state index in [2.05, 4.69) is 12.1 Å². The van der Waals surface area contributed by atoms with E-state index in [0.717, 1.165) is 41.0 Å². The number of halogens is 12. The Balaban J connectivity index is 1.20. The third-order valence-corrected chi connectivity index (χ3v) is 14.9. The maximum Gasteiger partial charge on any atom is 0.416 e. The first-order chi connectivity index (χ1) is 40.1. The van der Waals surface area contributed by atoms with Gasteiger partial charge in [-0.05, 0) is 239 Å². The lowest BCUT2D eigenvalue weighted by Gasteiger charge is -2.17. The smallest absolute Gasteiger partial charge is 0.309 e. The molecular weight excluding hydrogens is 1110 g/mol. The summed E-state index contributed by atoms with van der Waals surface area (Å²) in [6, 6.07) is 51.0. The maximum atomic E-state index is 14.4. The SMILES string of the molecule is Cc1cc(C)cc(-c2cc(-c3cc(C)cc(C(F)(F)F)c3)cc(-c3ccc4c(c3)c3cc(-c5cc(-c6cc(C)cc(C(F)(F)F)c6)cc(-c6cc(C(F)(F)F)cc(C(F)(F)F)c6)c5)ccc3n4-c3ccccc3-c3cc(C#N)cc(C#N)c3)c2)c1. The molecule has 3 nitrogen and oxygen atoms in total. The molecule has 0 radical (unpaired) electrons. The Morgan fingerprint density at radius 3 is 0.988 bits per heavy atom. The van der Waals surface area contributed by atoms with Gasteiger partial charge in [0.25, 0.3) is 0 Å². The van der Waals surface area contributed by atoms with Gasteiger partial charge in [-0.3, -0.25) is 0 Å². The van der Waals surface area contributed by atoms with Crippen molar-refractivity contribution in [2.24, 2.45) is 0 Å². The van der Waals surface area contributed by atoms with E-state index >= 15 is 0 Å². The topological polar surface area (TPSA) is 52.5 Å². The lowest BCUT2D eigenvalue weighted by molar-refractivity contribution is -0.143. The lowest BCUT2D eigenvalue weighted by Crippen LogP contribution is -2.11. The number of nitriles is 2. The predicted molar refractivity (Wildman–Crippen MR) is 307 cm³/mol. The van der Waals surface area contributed by atoms with Gasteiger partial charge in [0.15, 0.2) is 0 Å². The maximum absolute atomic E-state index is 14.4. The first-order valence-corrected chi connectivity index (χ1v) is 26.3. The highest BCUT2D eigenvalue weighted by Gasteiger charge is 2.38. The first-order valence-electron chi connectivity index (χ1n) is 26.3. The number of rotatable bonds is 8. The van der Waals surface area contributed by atoms with Crippen LogP contribution in [0.2, 0.25) is 0 Å². The Kier molecular flexibility index (Phi) is 14.1. The van der Waals surface area contributed by atoms with Crippen LogP contribution in [0.25, 0.3) is 105 Å². The Bertz CT molecular complexity index is 4530. The monoisotopic (exact) mass is 1150 g/mol. The van der Waals surface area contributed by atoms with Crippen LogP contribution in [-0.4, -0.2) is 4.57 Å². The summed E-state index contributed by atoms with van der Waals surface area (Å²) in [4.78, 5) is 0. The number of nitrogens with zero attached hydrogens (tertiary/aromatic N) is 3. The van der Waals surface area contributed by atoms with Crippen molar-refractivity contribution >= 4 is 21.8 Å². The van der Waals surface area contributed by atoms with Crippen molar-refractivity contribution in [2.45, 2.75) is 52.4 Å². The summed E-state index contributed by atoms with van der Waals surface area (Å²) >= 11 is 0. The summed E-state index contributed by atoms with van der Waals surface area (Å²) < 4.78 is 175. The second-order valence-corrected chi connectivity index (χ2v) is 21.3. The summed E-state index contributed by atoms with van der Waals surface area (Å²) in [6.45, 7) is 6.89. The molecule has 0 bridgehead atoms. The van der Waals surface area contributed by atoms with Gasteiger partial charge in [-0.1, -0.05) is 71.8 Å². The fraction of sp³-hybridized carbons (Fsp3) is 0.114. The van der Waals surface area contributed by atoms with E-state index in [4.69, 9.17) is 0 Å². The highest BCUT2D eigenvalue weighted by Crippen LogP contribution is 2.46. The van der Waals surface area contributed by atoms with Crippen LogP contribution in [0.3, 0.4) is 0 Å². The Morgan fingerprint density at radius 1 is 0.294 bits per heavy atom. The molecule has 0 atom stereocenters. The average molecular weight is 1150 g/mol. The second kappa shape index (κ2) is 21.1. The van der Waals surface area contributed by atoms with Crippen molar-refractivity contribution < 1.29 is 52.7 Å². The van der Waals surface area contributed by atoms with Crippen LogP contribution in [-0.2, 0) is 24.7 Å². The molecule has 0 fully saturated rings. The van der Waals surface area contributed by atoms with Crippen molar-refractivity contribution in [2.75, 3.05) is 0 Å². The van der Waals surface area contributed by atoms with Gasteiger partial charge in [-0.15, -0.1) is 0 Å². The van der Waals surface area contributed by atoms with Crippen LogP contribution in [0.5, 0.6) is 0 Å². The molecule has 85 heavy (non-hydrogen) atoms. The summed E-state index contributed by atoms with van der Waals surface area (Å²) in [5.74, 6) is 0. The van der Waals surface area contributed by atoms with Crippen LogP contribution in [0.4, 0.5) is 52.7 Å². The third kappa shape index (κ3) is 11.5. The van der Waals surface area contributed by atoms with Gasteiger partial charge < -0.3 is 4.57 Å². The zero-order valence-electron chi connectivity index (χ0n) is 45.3. The van der Waals surface area contributed by atoms with Crippen molar-refractivity contribution in [3.05, 3.63) is 244 Å². The zero-order valence-corrected chi connectivity index (χ0v) is 45.3. The molecule has 11 aromatic rings. The zero-order chi connectivity index (χ0) is 60.7. The van der Waals surface area contributed by atoms with Crippen LogP contribution < -0.4 is 0 Å². The molecule has 0 unspecified atom stereocenters. The highest BCUT2D eigenvalue weighted by atomic mass is 19.4. The second-order valence-electron chi connectivity index (χ2n) is 21.3. The fourth-order valence-electron chi connectivity index (χ4n) is 11.2. The van der Waals surface area contributed by atoms with E-state index in [0.29, 0.717) is 89.7 Å². The van der Waals surface area contributed by atoms with Crippen molar-refractivity contribution in [3.63, 3.8) is 0 Å². The van der Waals surface area contributed by atoms with E-state index in [1.807, 2.05) is 79.1 Å². The standard InChI is InChI=1S/C70H43F12N3/c1-38-13-39(2)15-46(14-38)51-23-49(24-52(27-51)47-16-40(3)18-57(29-47)67(71,72)73)44-9-11-65-62(33-44)63-34-45(10-12-66(63)85(65)64-8-6-5-7-61(64)56-21-42(36-83)20-43(22-56)37-84)50-25-53(48-17-41(4)19-58(30-48)68(74,75)76)28-54(26-50)55-31-59(69(77,78)79)35-60(32-55)70(80,81)82/h5-35H,1-4H3. The minimum Gasteiger partial charge on any atom is -0.309 e. The molecule has 0 aliphatic heterocycles. The van der Waals surface area contributed by atoms with Gasteiger partial charge in [-0.25, -0.2) is 0 Å². The van der Waals surface area contributed by atoms with E-state index in [1.165, 1.54) is 37.3 Å². The molecule has 0 amide bonds. The number of para-hydroxylation sites is 1. The summed E-state index contributed by atoms with van der Waals surface area (Å²) in [5.41, 5.74) is 4.32. The van der Waals surface area contributed by atoms with Crippen LogP contribution in [0.15, 0.2) is 188 Å². The molecule has 0 spiro atoms. The van der Waals surface area contributed by atoms with E-state index < -0.39 is 52.5 Å². The average Bonchev–Trinajstić information content (AvgIpc) is 1.86. The van der Waals surface area contributed by atoms with Crippen molar-refractivity contribution in [1.29, 1.82) is 10.5 Å². The number of aryl methyl sites for hydroxylation is 4. The Labute approximate surface area is 479 Å². The van der Waals surface area contributed by atoms with Crippen LogP contribution >= 0.6 is 0 Å². The minimum atomic E-state index is -5.22. The van der Waals surface area contributed by atoms with Crippen molar-refractivity contribution in [1.82, 2.24) is 4.57 Å². The summed E-state index contributed by atoms with van der Waals surface area (Å²) in [5, 5.41) is 21.2. The normalized spacial score (nSPS) is 12.2. The molecule has 0 aliphatic carbocycles. The molecule has 11 rings (SSSR count). The van der Waals surface area contributed by atoms with E-state index in [-0.39, 0.29) is 45.0 Å². The van der Waals surface area contributed by atoms with Crippen LogP contribution in [0.1, 0.15) is 55.6 Å². The molecule has 0 aliphatic rings. The third-order valence-electron chi connectivity index (χ3n) is 14.9. The van der Waals surface area contributed by atoms with Crippen LogP contribution in [0, 0.1) is 50.4 Å². The Hall–Kier alpha value is -9.86. The molecule has 1 heterocycles. The van der Waals surface area contributed by atoms with Gasteiger partial charge in [0.1, 0.15) is 0 Å². The quantitative estimate of drug-likeness (QED) is 0.142. The number of hydrogen-bond donors (Lipinski definition) is 0. The number of benzene rings is 10. The highest BCUT2D eigenvalue weighted by molar-refractivity contribution is 6.12. The van der Waals surface area contributed by atoms with E-state index in [1.54, 1.807) is 61.5 Å².